The Bertz CT molecular complexity index is 641. The molecule has 3 aromatic carbocycles. The standard InChI is InChI=1S/C14H10S/c15-12-8-7-11-6-5-10-3-1-2-4-13(10)14(11)9-12/h1-9,15H. The van der Waals surface area contributed by atoms with Crippen LogP contribution in [0.15, 0.2) is 59.5 Å². The molecular weight excluding hydrogens is 200 g/mol. The van der Waals surface area contributed by atoms with E-state index in [-0.39, 0.29) is 0 Å². The summed E-state index contributed by atoms with van der Waals surface area (Å²) in [5.74, 6) is 0. The Balaban J connectivity index is 2.57. The molecular formula is C14H10S. The summed E-state index contributed by atoms with van der Waals surface area (Å²) in [5.41, 5.74) is 0. The monoisotopic (exact) mass is 210 g/mol. The highest BCUT2D eigenvalue weighted by Crippen LogP contribution is 2.26. The maximum absolute atomic E-state index is 4.39. The third-order valence-electron chi connectivity index (χ3n) is 2.73. The van der Waals surface area contributed by atoms with Gasteiger partial charge in [-0.1, -0.05) is 42.5 Å². The highest BCUT2D eigenvalue weighted by Gasteiger charge is 1.99. The lowest BCUT2D eigenvalue weighted by atomic mass is 10.0. The summed E-state index contributed by atoms with van der Waals surface area (Å²) in [6.45, 7) is 0. The van der Waals surface area contributed by atoms with E-state index in [2.05, 4.69) is 61.2 Å². The van der Waals surface area contributed by atoms with Gasteiger partial charge in [-0.3, -0.25) is 0 Å². The summed E-state index contributed by atoms with van der Waals surface area (Å²) in [4.78, 5) is 1.01. The van der Waals surface area contributed by atoms with E-state index in [9.17, 15) is 0 Å². The van der Waals surface area contributed by atoms with Crippen LogP contribution < -0.4 is 0 Å². The fraction of sp³-hybridized carbons (Fsp3) is 0. The fourth-order valence-corrected chi connectivity index (χ4v) is 2.19. The second-order valence-electron chi connectivity index (χ2n) is 3.69. The van der Waals surface area contributed by atoms with Crippen LogP contribution in [0.5, 0.6) is 0 Å². The van der Waals surface area contributed by atoms with Gasteiger partial charge in [-0.05, 0) is 33.7 Å². The van der Waals surface area contributed by atoms with Gasteiger partial charge in [0.15, 0.2) is 0 Å². The zero-order valence-corrected chi connectivity index (χ0v) is 9.04. The van der Waals surface area contributed by atoms with Crippen molar-refractivity contribution in [1.82, 2.24) is 0 Å². The number of thiol groups is 1. The summed E-state index contributed by atoms with van der Waals surface area (Å²) in [5, 5.41) is 5.13. The van der Waals surface area contributed by atoms with Crippen molar-refractivity contribution in [3.8, 4) is 0 Å². The van der Waals surface area contributed by atoms with Gasteiger partial charge in [-0.15, -0.1) is 12.6 Å². The Morgan fingerprint density at radius 1 is 0.667 bits per heavy atom. The van der Waals surface area contributed by atoms with Crippen LogP contribution in [0, 0.1) is 0 Å². The van der Waals surface area contributed by atoms with Crippen molar-refractivity contribution in [1.29, 1.82) is 0 Å². The summed E-state index contributed by atoms with van der Waals surface area (Å²) in [6.07, 6.45) is 0. The molecule has 15 heavy (non-hydrogen) atoms. The Labute approximate surface area is 93.9 Å². The van der Waals surface area contributed by atoms with Crippen molar-refractivity contribution in [2.45, 2.75) is 4.90 Å². The molecule has 1 heteroatoms. The van der Waals surface area contributed by atoms with Crippen LogP contribution in [0.4, 0.5) is 0 Å². The van der Waals surface area contributed by atoms with Gasteiger partial charge in [0.1, 0.15) is 0 Å². The van der Waals surface area contributed by atoms with E-state index in [1.54, 1.807) is 0 Å². The zero-order chi connectivity index (χ0) is 10.3. The Morgan fingerprint density at radius 2 is 1.33 bits per heavy atom. The van der Waals surface area contributed by atoms with Gasteiger partial charge in [0.2, 0.25) is 0 Å². The molecule has 0 amide bonds. The van der Waals surface area contributed by atoms with Crippen LogP contribution in [0.3, 0.4) is 0 Å². The lowest BCUT2D eigenvalue weighted by molar-refractivity contribution is 1.53. The van der Waals surface area contributed by atoms with Crippen LogP contribution in [0.25, 0.3) is 21.5 Å². The van der Waals surface area contributed by atoms with E-state index in [0.29, 0.717) is 0 Å². The fourth-order valence-electron chi connectivity index (χ4n) is 1.99. The number of rotatable bonds is 0. The average molecular weight is 210 g/mol. The molecule has 0 aliphatic rings. The lowest BCUT2D eigenvalue weighted by Crippen LogP contribution is -1.77. The number of fused-ring (bicyclic) bond motifs is 3. The molecule has 0 N–H and O–H groups in total. The Hall–Kier alpha value is -1.47. The third-order valence-corrected chi connectivity index (χ3v) is 3.01. The van der Waals surface area contributed by atoms with Crippen LogP contribution in [0.1, 0.15) is 0 Å². The van der Waals surface area contributed by atoms with Crippen molar-refractivity contribution < 1.29 is 0 Å². The normalized spacial score (nSPS) is 11.0. The van der Waals surface area contributed by atoms with Crippen molar-refractivity contribution in [3.63, 3.8) is 0 Å². The molecule has 0 spiro atoms. The Kier molecular flexibility index (Phi) is 1.93. The summed E-state index contributed by atoms with van der Waals surface area (Å²) in [6, 6.07) is 19.0. The summed E-state index contributed by atoms with van der Waals surface area (Å²) < 4.78 is 0. The molecule has 0 atom stereocenters. The number of hydrogen-bond donors (Lipinski definition) is 1. The van der Waals surface area contributed by atoms with E-state index in [4.69, 9.17) is 0 Å². The number of benzene rings is 3. The van der Waals surface area contributed by atoms with Crippen molar-refractivity contribution in [3.05, 3.63) is 54.6 Å². The predicted molar refractivity (Wildman–Crippen MR) is 68.7 cm³/mol. The largest absolute Gasteiger partial charge is 0.143 e. The maximum Gasteiger partial charge on any atom is 0.00465 e. The second-order valence-corrected chi connectivity index (χ2v) is 4.21. The minimum Gasteiger partial charge on any atom is -0.143 e. The molecule has 3 rings (SSSR count). The van der Waals surface area contributed by atoms with E-state index >= 15 is 0 Å². The van der Waals surface area contributed by atoms with E-state index in [1.165, 1.54) is 21.5 Å². The van der Waals surface area contributed by atoms with Gasteiger partial charge in [-0.25, -0.2) is 0 Å². The zero-order valence-electron chi connectivity index (χ0n) is 8.14. The van der Waals surface area contributed by atoms with E-state index in [0.717, 1.165) is 4.90 Å². The SMILES string of the molecule is Sc1ccc2ccc3ccccc3c2c1. The molecule has 0 bridgehead atoms. The molecule has 0 nitrogen and oxygen atoms in total. The first-order valence-corrected chi connectivity index (χ1v) is 5.40. The average Bonchev–Trinajstić information content (AvgIpc) is 2.29. The van der Waals surface area contributed by atoms with E-state index < -0.39 is 0 Å². The smallest absolute Gasteiger partial charge is 0.00465 e. The first-order valence-electron chi connectivity index (χ1n) is 4.95. The van der Waals surface area contributed by atoms with Gasteiger partial charge >= 0.3 is 0 Å². The van der Waals surface area contributed by atoms with Crippen molar-refractivity contribution >= 4 is 34.2 Å². The van der Waals surface area contributed by atoms with Crippen LogP contribution in [-0.4, -0.2) is 0 Å². The second kappa shape index (κ2) is 3.28. The minimum atomic E-state index is 1.01. The maximum atomic E-state index is 4.39. The van der Waals surface area contributed by atoms with Crippen LogP contribution in [0.2, 0.25) is 0 Å². The first-order chi connectivity index (χ1) is 7.34. The highest BCUT2D eigenvalue weighted by atomic mass is 32.1. The molecule has 0 heterocycles. The molecule has 72 valence electrons. The topological polar surface area (TPSA) is 0 Å². The molecule has 0 aliphatic heterocycles. The molecule has 3 aromatic rings. The molecule has 0 aromatic heterocycles. The Morgan fingerprint density at radius 3 is 2.20 bits per heavy atom. The number of hydrogen-bond acceptors (Lipinski definition) is 1. The minimum absolute atomic E-state index is 1.01. The van der Waals surface area contributed by atoms with Gasteiger partial charge in [-0.2, -0.15) is 0 Å². The molecule has 0 saturated heterocycles. The quantitative estimate of drug-likeness (QED) is 0.415. The molecule has 0 aliphatic carbocycles. The predicted octanol–water partition coefficient (Wildman–Crippen LogP) is 4.28. The van der Waals surface area contributed by atoms with E-state index in [1.807, 2.05) is 6.07 Å². The molecule has 0 fully saturated rings. The van der Waals surface area contributed by atoms with Gasteiger partial charge in [0, 0.05) is 4.90 Å². The summed E-state index contributed by atoms with van der Waals surface area (Å²) in [7, 11) is 0. The van der Waals surface area contributed by atoms with Crippen molar-refractivity contribution in [2.24, 2.45) is 0 Å². The molecule has 0 saturated carbocycles. The van der Waals surface area contributed by atoms with Gasteiger partial charge < -0.3 is 0 Å². The molecule has 0 unspecified atom stereocenters. The molecule has 0 radical (unpaired) electrons. The van der Waals surface area contributed by atoms with Crippen LogP contribution >= 0.6 is 12.6 Å². The third kappa shape index (κ3) is 1.40. The highest BCUT2D eigenvalue weighted by molar-refractivity contribution is 7.80. The first kappa shape index (κ1) is 8.81. The van der Waals surface area contributed by atoms with Crippen molar-refractivity contribution in [2.75, 3.05) is 0 Å². The van der Waals surface area contributed by atoms with Gasteiger partial charge in [0.05, 0.1) is 0 Å². The van der Waals surface area contributed by atoms with Crippen LogP contribution in [-0.2, 0) is 0 Å². The lowest BCUT2D eigenvalue weighted by Gasteiger charge is -2.04. The summed E-state index contributed by atoms with van der Waals surface area (Å²) >= 11 is 4.39. The van der Waals surface area contributed by atoms with Gasteiger partial charge in [0.25, 0.3) is 0 Å².